The predicted molar refractivity (Wildman–Crippen MR) is 73.9 cm³/mol. The highest BCUT2D eigenvalue weighted by Crippen LogP contribution is 2.49. The lowest BCUT2D eigenvalue weighted by Crippen LogP contribution is -2.63. The van der Waals surface area contributed by atoms with Gasteiger partial charge in [-0.15, -0.1) is 0 Å². The minimum atomic E-state index is -1.22. The van der Waals surface area contributed by atoms with Gasteiger partial charge in [-0.2, -0.15) is 0 Å². The smallest absolute Gasteiger partial charge is 0.165 e. The number of ketones is 1. The minimum absolute atomic E-state index is 0.0934. The standard InChI is InChI=1S/C16H24O4/c17-13(10-3-1-2-4-10)6-5-11-12-9-15(19)16(12,20)8-7-14(11)18/h5-6,10-14,17-18,20H,1-4,7-9H2/t11-,12-,13+,14-,16-/m0/s1. The highest BCUT2D eigenvalue weighted by atomic mass is 16.3. The molecule has 0 unspecified atom stereocenters. The molecule has 0 aliphatic heterocycles. The van der Waals surface area contributed by atoms with Gasteiger partial charge in [0.1, 0.15) is 5.60 Å². The van der Waals surface area contributed by atoms with E-state index in [0.29, 0.717) is 25.2 Å². The number of hydrogen-bond acceptors (Lipinski definition) is 4. The lowest BCUT2D eigenvalue weighted by Gasteiger charge is -2.52. The van der Waals surface area contributed by atoms with E-state index in [0.717, 1.165) is 12.8 Å². The van der Waals surface area contributed by atoms with Crippen LogP contribution >= 0.6 is 0 Å². The monoisotopic (exact) mass is 280 g/mol. The lowest BCUT2D eigenvalue weighted by molar-refractivity contribution is -0.182. The van der Waals surface area contributed by atoms with Gasteiger partial charge >= 0.3 is 0 Å². The molecule has 4 nitrogen and oxygen atoms in total. The van der Waals surface area contributed by atoms with Crippen molar-refractivity contribution < 1.29 is 20.1 Å². The SMILES string of the molecule is O=C1C[C@H]2[C@H](C=C[C@@H](O)C3CCCC3)[C@@H](O)CC[C@@]12O. The number of hydrogen-bond donors (Lipinski definition) is 3. The van der Waals surface area contributed by atoms with Crippen LogP contribution in [0.4, 0.5) is 0 Å². The Morgan fingerprint density at radius 1 is 1.25 bits per heavy atom. The zero-order valence-electron chi connectivity index (χ0n) is 11.7. The lowest BCUT2D eigenvalue weighted by atomic mass is 9.55. The molecular formula is C16H24O4. The van der Waals surface area contributed by atoms with Gasteiger partial charge in [-0.05, 0) is 31.6 Å². The molecule has 3 fully saturated rings. The molecule has 4 heteroatoms. The fourth-order valence-electron chi connectivity index (χ4n) is 4.19. The molecular weight excluding hydrogens is 256 g/mol. The van der Waals surface area contributed by atoms with E-state index in [1.807, 2.05) is 6.08 Å². The third kappa shape index (κ3) is 2.24. The first kappa shape index (κ1) is 14.2. The third-order valence-corrected chi connectivity index (χ3v) is 5.65. The molecule has 0 spiro atoms. The Morgan fingerprint density at radius 3 is 2.60 bits per heavy atom. The van der Waals surface area contributed by atoms with E-state index in [9.17, 15) is 20.1 Å². The maximum absolute atomic E-state index is 11.6. The molecule has 0 bridgehead atoms. The van der Waals surface area contributed by atoms with Gasteiger partial charge in [-0.1, -0.05) is 25.0 Å². The average molecular weight is 280 g/mol. The van der Waals surface area contributed by atoms with Crippen molar-refractivity contribution in [1.82, 2.24) is 0 Å². The molecule has 0 saturated heterocycles. The van der Waals surface area contributed by atoms with Gasteiger partial charge in [0.15, 0.2) is 5.78 Å². The van der Waals surface area contributed by atoms with Crippen LogP contribution in [0.3, 0.4) is 0 Å². The minimum Gasteiger partial charge on any atom is -0.393 e. The van der Waals surface area contributed by atoms with E-state index in [1.54, 1.807) is 6.08 Å². The molecule has 3 rings (SSSR count). The maximum Gasteiger partial charge on any atom is 0.165 e. The van der Waals surface area contributed by atoms with Crippen LogP contribution in [0.1, 0.15) is 44.9 Å². The average Bonchev–Trinajstić information content (AvgIpc) is 2.96. The predicted octanol–water partition coefficient (Wildman–Crippen LogP) is 1.18. The summed E-state index contributed by atoms with van der Waals surface area (Å²) in [4.78, 5) is 11.6. The summed E-state index contributed by atoms with van der Waals surface area (Å²) >= 11 is 0. The first-order valence-electron chi connectivity index (χ1n) is 7.82. The molecule has 112 valence electrons. The first-order chi connectivity index (χ1) is 9.52. The number of rotatable bonds is 3. The summed E-state index contributed by atoms with van der Waals surface area (Å²) < 4.78 is 0. The van der Waals surface area contributed by atoms with Crippen LogP contribution in [0, 0.1) is 17.8 Å². The summed E-state index contributed by atoms with van der Waals surface area (Å²) in [5, 5.41) is 30.6. The zero-order valence-corrected chi connectivity index (χ0v) is 11.7. The molecule has 20 heavy (non-hydrogen) atoms. The highest BCUT2D eigenvalue weighted by molar-refractivity contribution is 5.94. The summed E-state index contributed by atoms with van der Waals surface area (Å²) in [6.45, 7) is 0. The molecule has 0 radical (unpaired) electrons. The Kier molecular flexibility index (Phi) is 3.73. The van der Waals surface area contributed by atoms with Crippen molar-refractivity contribution >= 4 is 5.78 Å². The van der Waals surface area contributed by atoms with E-state index >= 15 is 0 Å². The van der Waals surface area contributed by atoms with Crippen molar-refractivity contribution in [3.05, 3.63) is 12.2 Å². The summed E-state index contributed by atoms with van der Waals surface area (Å²) in [6, 6.07) is 0. The fourth-order valence-corrected chi connectivity index (χ4v) is 4.19. The van der Waals surface area contributed by atoms with Crippen molar-refractivity contribution in [1.29, 1.82) is 0 Å². The normalized spacial score (nSPS) is 43.5. The van der Waals surface area contributed by atoms with Gasteiger partial charge in [-0.25, -0.2) is 0 Å². The topological polar surface area (TPSA) is 77.8 Å². The number of Topliss-reactive ketones (excluding diaryl/α,β-unsaturated/α-hetero) is 1. The molecule has 0 amide bonds. The van der Waals surface area contributed by atoms with Crippen LogP contribution in [0.2, 0.25) is 0 Å². The molecule has 3 N–H and O–H groups in total. The number of fused-ring (bicyclic) bond motifs is 1. The summed E-state index contributed by atoms with van der Waals surface area (Å²) in [7, 11) is 0. The number of aliphatic hydroxyl groups is 3. The Balaban J connectivity index is 1.67. The maximum atomic E-state index is 11.6. The van der Waals surface area contributed by atoms with E-state index in [-0.39, 0.29) is 17.6 Å². The third-order valence-electron chi connectivity index (χ3n) is 5.65. The fraction of sp³-hybridized carbons (Fsp3) is 0.812. The largest absolute Gasteiger partial charge is 0.393 e. The molecule has 0 aromatic carbocycles. The molecule has 3 saturated carbocycles. The second kappa shape index (κ2) is 5.24. The summed E-state index contributed by atoms with van der Waals surface area (Å²) in [5.41, 5.74) is -1.22. The molecule has 0 aromatic rings. The molecule has 5 atom stereocenters. The Hall–Kier alpha value is -0.710. The van der Waals surface area contributed by atoms with Gasteiger partial charge in [0.25, 0.3) is 0 Å². The van der Waals surface area contributed by atoms with Crippen molar-refractivity contribution in [2.45, 2.75) is 62.8 Å². The molecule has 3 aliphatic rings. The van der Waals surface area contributed by atoms with E-state index in [1.165, 1.54) is 12.8 Å². The van der Waals surface area contributed by atoms with E-state index in [2.05, 4.69) is 0 Å². The van der Waals surface area contributed by atoms with Crippen molar-refractivity contribution in [3.8, 4) is 0 Å². The highest BCUT2D eigenvalue weighted by Gasteiger charge is 2.59. The first-order valence-corrected chi connectivity index (χ1v) is 7.82. The van der Waals surface area contributed by atoms with Crippen LogP contribution in [0.25, 0.3) is 0 Å². The summed E-state index contributed by atoms with van der Waals surface area (Å²) in [6.07, 6.45) is 8.29. The molecule has 0 heterocycles. The van der Waals surface area contributed by atoms with E-state index < -0.39 is 17.8 Å². The van der Waals surface area contributed by atoms with Crippen LogP contribution in [-0.2, 0) is 4.79 Å². The van der Waals surface area contributed by atoms with Gasteiger partial charge in [0.2, 0.25) is 0 Å². The van der Waals surface area contributed by atoms with Crippen molar-refractivity contribution in [2.24, 2.45) is 17.8 Å². The van der Waals surface area contributed by atoms with E-state index in [4.69, 9.17) is 0 Å². The van der Waals surface area contributed by atoms with Crippen LogP contribution < -0.4 is 0 Å². The van der Waals surface area contributed by atoms with Crippen LogP contribution in [0.15, 0.2) is 12.2 Å². The van der Waals surface area contributed by atoms with Crippen molar-refractivity contribution in [3.63, 3.8) is 0 Å². The quantitative estimate of drug-likeness (QED) is 0.679. The second-order valence-electron chi connectivity index (χ2n) is 6.76. The van der Waals surface area contributed by atoms with Crippen LogP contribution in [0.5, 0.6) is 0 Å². The molecule has 0 aromatic heterocycles. The van der Waals surface area contributed by atoms with Gasteiger partial charge in [-0.3, -0.25) is 4.79 Å². The Labute approximate surface area is 119 Å². The number of carbonyl (C=O) groups is 1. The van der Waals surface area contributed by atoms with Crippen molar-refractivity contribution in [2.75, 3.05) is 0 Å². The number of carbonyl (C=O) groups excluding carboxylic acids is 1. The van der Waals surface area contributed by atoms with Gasteiger partial charge in [0.05, 0.1) is 12.2 Å². The Bertz CT molecular complexity index is 413. The van der Waals surface area contributed by atoms with Gasteiger partial charge < -0.3 is 15.3 Å². The molecule has 3 aliphatic carbocycles. The number of aliphatic hydroxyl groups excluding tert-OH is 2. The van der Waals surface area contributed by atoms with Crippen LogP contribution in [-0.4, -0.2) is 38.9 Å². The summed E-state index contributed by atoms with van der Waals surface area (Å²) in [5.74, 6) is -0.147. The second-order valence-corrected chi connectivity index (χ2v) is 6.76. The zero-order chi connectivity index (χ0) is 14.3. The Morgan fingerprint density at radius 2 is 1.95 bits per heavy atom. The van der Waals surface area contributed by atoms with Gasteiger partial charge in [0, 0.05) is 18.3 Å².